The fraction of sp³-hybridized carbons (Fsp3) is 0.167. The fourth-order valence-electron chi connectivity index (χ4n) is 0.916. The topological polar surface area (TPSA) is 99.1 Å². The predicted molar refractivity (Wildman–Crippen MR) is 44.9 cm³/mol. The van der Waals surface area contributed by atoms with Crippen molar-refractivity contribution < 1.29 is 21.6 Å². The molecule has 0 saturated heterocycles. The van der Waals surface area contributed by atoms with Gasteiger partial charge in [0.15, 0.2) is 5.82 Å². The Labute approximate surface area is 83.0 Å². The third-order valence-corrected chi connectivity index (χ3v) is 2.37. The minimum absolute atomic E-state index is 0.615. The van der Waals surface area contributed by atoms with Crippen LogP contribution >= 0.6 is 0 Å². The fourth-order valence-corrected chi connectivity index (χ4v) is 1.48. The summed E-state index contributed by atoms with van der Waals surface area (Å²) in [4.78, 5) is 3.05. The van der Waals surface area contributed by atoms with E-state index >= 15 is 0 Å². The van der Waals surface area contributed by atoms with Crippen LogP contribution in [0.5, 0.6) is 0 Å². The highest BCUT2D eigenvalue weighted by Crippen LogP contribution is 2.29. The molecule has 0 aliphatic heterocycles. The summed E-state index contributed by atoms with van der Waals surface area (Å²) in [5.74, 6) is -1.72. The van der Waals surface area contributed by atoms with Crippen LogP contribution in [0.1, 0.15) is 12.0 Å². The minimum Gasteiger partial charge on any atom is -0.397 e. The molecule has 84 valence electrons. The predicted octanol–water partition coefficient (Wildman–Crippen LogP) is 0.388. The highest BCUT2D eigenvalue weighted by Gasteiger charge is 2.26. The van der Waals surface area contributed by atoms with Gasteiger partial charge in [-0.25, -0.2) is 31.7 Å². The Bertz CT molecular complexity index is 489. The molecule has 0 bridgehead atoms. The normalized spacial score (nSPS) is 12.1. The number of nitrogens with two attached hydrogens (primary N) is 2. The Morgan fingerprint density at radius 1 is 1.40 bits per heavy atom. The van der Waals surface area contributed by atoms with E-state index in [0.717, 1.165) is 0 Å². The largest absolute Gasteiger partial charge is 0.397 e. The standard InChI is InChI=1S/C6H6F3N3O2S/c7-4-3(5(8)9)2(10)1-12-6(4)15(11,13)14/h1,5H,10H2,(H2,11,13,14). The zero-order chi connectivity index (χ0) is 11.8. The first kappa shape index (κ1) is 11.7. The van der Waals surface area contributed by atoms with E-state index < -0.39 is 38.5 Å². The number of primary sulfonamides is 1. The van der Waals surface area contributed by atoms with E-state index in [2.05, 4.69) is 10.1 Å². The first-order valence-electron chi connectivity index (χ1n) is 3.50. The summed E-state index contributed by atoms with van der Waals surface area (Å²) >= 11 is 0. The number of nitrogen functional groups attached to an aromatic ring is 1. The quantitative estimate of drug-likeness (QED) is 0.782. The Balaban J connectivity index is 3.56. The van der Waals surface area contributed by atoms with E-state index in [1.54, 1.807) is 0 Å². The van der Waals surface area contributed by atoms with Crippen LogP contribution in [0.25, 0.3) is 0 Å². The molecule has 0 fully saturated rings. The van der Waals surface area contributed by atoms with E-state index in [0.29, 0.717) is 6.20 Å². The number of pyridine rings is 1. The number of halogens is 3. The van der Waals surface area contributed by atoms with Crippen molar-refractivity contribution in [3.63, 3.8) is 0 Å². The maximum absolute atomic E-state index is 13.2. The molecular weight excluding hydrogens is 235 g/mol. The van der Waals surface area contributed by atoms with Crippen LogP contribution in [0, 0.1) is 5.82 Å². The van der Waals surface area contributed by atoms with Crippen molar-refractivity contribution in [2.45, 2.75) is 11.5 Å². The molecule has 4 N–H and O–H groups in total. The molecular formula is C6H6F3N3O2S. The van der Waals surface area contributed by atoms with Crippen molar-refractivity contribution in [3.8, 4) is 0 Å². The van der Waals surface area contributed by atoms with Gasteiger partial charge in [0, 0.05) is 0 Å². The van der Waals surface area contributed by atoms with Gasteiger partial charge in [-0.05, 0) is 0 Å². The third-order valence-electron chi connectivity index (χ3n) is 1.54. The van der Waals surface area contributed by atoms with Gasteiger partial charge in [-0.15, -0.1) is 0 Å². The molecule has 0 aliphatic carbocycles. The van der Waals surface area contributed by atoms with Gasteiger partial charge >= 0.3 is 0 Å². The molecule has 1 rings (SSSR count). The van der Waals surface area contributed by atoms with Crippen molar-refractivity contribution in [2.75, 3.05) is 5.73 Å². The summed E-state index contributed by atoms with van der Waals surface area (Å²) in [7, 11) is -4.48. The lowest BCUT2D eigenvalue weighted by Crippen LogP contribution is -2.18. The number of alkyl halides is 2. The van der Waals surface area contributed by atoms with Gasteiger partial charge in [0.2, 0.25) is 5.03 Å². The molecule has 15 heavy (non-hydrogen) atoms. The average molecular weight is 241 g/mol. The molecule has 5 nitrogen and oxygen atoms in total. The molecule has 0 amide bonds. The van der Waals surface area contributed by atoms with Crippen LogP contribution in [-0.4, -0.2) is 13.4 Å². The van der Waals surface area contributed by atoms with E-state index in [1.807, 2.05) is 0 Å². The number of rotatable bonds is 2. The van der Waals surface area contributed by atoms with Gasteiger partial charge < -0.3 is 5.73 Å². The Morgan fingerprint density at radius 2 is 1.93 bits per heavy atom. The molecule has 0 saturated carbocycles. The molecule has 1 heterocycles. The first-order chi connectivity index (χ1) is 6.75. The Kier molecular flexibility index (Phi) is 2.86. The number of sulfonamides is 1. The second kappa shape index (κ2) is 3.66. The zero-order valence-corrected chi connectivity index (χ0v) is 7.93. The van der Waals surface area contributed by atoms with Crippen molar-refractivity contribution in [1.29, 1.82) is 0 Å². The summed E-state index contributed by atoms with van der Waals surface area (Å²) in [6.45, 7) is 0. The highest BCUT2D eigenvalue weighted by molar-refractivity contribution is 7.89. The molecule has 0 unspecified atom stereocenters. The van der Waals surface area contributed by atoms with Crippen molar-refractivity contribution in [3.05, 3.63) is 17.6 Å². The van der Waals surface area contributed by atoms with Crippen molar-refractivity contribution >= 4 is 15.7 Å². The molecule has 0 aliphatic rings. The number of nitrogens with zero attached hydrogens (tertiary/aromatic N) is 1. The van der Waals surface area contributed by atoms with Gasteiger partial charge in [-0.2, -0.15) is 0 Å². The minimum atomic E-state index is -4.48. The van der Waals surface area contributed by atoms with Crippen molar-refractivity contribution in [1.82, 2.24) is 4.98 Å². The number of hydrogen-bond acceptors (Lipinski definition) is 4. The van der Waals surface area contributed by atoms with Crippen LogP contribution in [-0.2, 0) is 10.0 Å². The van der Waals surface area contributed by atoms with Gasteiger partial charge in [-0.3, -0.25) is 0 Å². The molecule has 0 atom stereocenters. The zero-order valence-electron chi connectivity index (χ0n) is 7.12. The number of aromatic nitrogens is 1. The van der Waals surface area contributed by atoms with Crippen LogP contribution in [0.3, 0.4) is 0 Å². The monoisotopic (exact) mass is 241 g/mol. The van der Waals surface area contributed by atoms with Gasteiger partial charge in [0.05, 0.1) is 17.4 Å². The van der Waals surface area contributed by atoms with Gasteiger partial charge in [0.25, 0.3) is 16.4 Å². The van der Waals surface area contributed by atoms with E-state index in [-0.39, 0.29) is 0 Å². The third kappa shape index (κ3) is 2.18. The lowest BCUT2D eigenvalue weighted by atomic mass is 10.2. The van der Waals surface area contributed by atoms with Crippen molar-refractivity contribution in [2.24, 2.45) is 5.14 Å². The second-order valence-corrected chi connectivity index (χ2v) is 4.07. The average Bonchev–Trinajstić information content (AvgIpc) is 2.00. The number of anilines is 1. The maximum Gasteiger partial charge on any atom is 0.268 e. The van der Waals surface area contributed by atoms with Gasteiger partial charge in [0.1, 0.15) is 0 Å². The molecule has 0 spiro atoms. The maximum atomic E-state index is 13.2. The Morgan fingerprint density at radius 3 is 2.33 bits per heavy atom. The smallest absolute Gasteiger partial charge is 0.268 e. The summed E-state index contributed by atoms with van der Waals surface area (Å²) < 4.78 is 59.2. The molecule has 1 aromatic heterocycles. The first-order valence-corrected chi connectivity index (χ1v) is 5.04. The molecule has 1 aromatic rings. The molecule has 9 heteroatoms. The summed E-state index contributed by atoms with van der Waals surface area (Å²) in [6.07, 6.45) is -2.63. The lowest BCUT2D eigenvalue weighted by molar-refractivity contribution is 0.146. The summed E-state index contributed by atoms with van der Waals surface area (Å²) in [6, 6.07) is 0. The van der Waals surface area contributed by atoms with Gasteiger partial charge in [-0.1, -0.05) is 0 Å². The highest BCUT2D eigenvalue weighted by atomic mass is 32.2. The van der Waals surface area contributed by atoms with Crippen LogP contribution in [0.4, 0.5) is 18.9 Å². The summed E-state index contributed by atoms with van der Waals surface area (Å²) in [5, 5.41) is 3.32. The second-order valence-electron chi connectivity index (χ2n) is 2.59. The number of hydrogen-bond donors (Lipinski definition) is 2. The summed E-state index contributed by atoms with van der Waals surface area (Å²) in [5.41, 5.74) is 3.17. The SMILES string of the molecule is Nc1cnc(S(N)(=O)=O)c(F)c1C(F)F. The lowest BCUT2D eigenvalue weighted by Gasteiger charge is -2.07. The van der Waals surface area contributed by atoms with E-state index in [1.165, 1.54) is 0 Å². The molecule has 0 aromatic carbocycles. The van der Waals surface area contributed by atoms with Crippen LogP contribution in [0.15, 0.2) is 11.2 Å². The Hall–Kier alpha value is -1.35. The van der Waals surface area contributed by atoms with Crippen LogP contribution < -0.4 is 10.9 Å². The van der Waals surface area contributed by atoms with E-state index in [9.17, 15) is 21.6 Å². The molecule has 0 radical (unpaired) electrons. The van der Waals surface area contributed by atoms with Crippen LogP contribution in [0.2, 0.25) is 0 Å². The van der Waals surface area contributed by atoms with E-state index in [4.69, 9.17) is 5.73 Å².